The molecule has 4 rings (SSSR count). The van der Waals surface area contributed by atoms with Crippen molar-refractivity contribution in [3.8, 4) is 5.75 Å². The average molecular weight is 365 g/mol. The molecule has 0 aliphatic heterocycles. The van der Waals surface area contributed by atoms with Crippen LogP contribution in [-0.4, -0.2) is 22.1 Å². The Morgan fingerprint density at radius 3 is 2.58 bits per heavy atom. The lowest BCUT2D eigenvalue weighted by molar-refractivity contribution is 0.414. The minimum atomic E-state index is 0.239. The van der Waals surface area contributed by atoms with E-state index in [1.54, 1.807) is 19.5 Å². The second-order valence-electron chi connectivity index (χ2n) is 5.93. The number of pyridine rings is 1. The molecule has 3 aromatic rings. The van der Waals surface area contributed by atoms with Gasteiger partial charge >= 0.3 is 0 Å². The Morgan fingerprint density at radius 1 is 1.08 bits per heavy atom. The molecule has 0 atom stereocenters. The first-order valence-electron chi connectivity index (χ1n) is 8.29. The number of methoxy groups -OCH3 is 1. The normalized spacial score (nSPS) is 12.5. The smallest absolute Gasteiger partial charge is 0.224 e. The molecule has 0 spiro atoms. The Bertz CT molecular complexity index is 956. The number of halogens is 1. The van der Waals surface area contributed by atoms with E-state index in [0.717, 1.165) is 45.9 Å². The predicted octanol–water partition coefficient (Wildman–Crippen LogP) is 4.13. The summed E-state index contributed by atoms with van der Waals surface area (Å²) >= 11 is 6.18. The van der Waals surface area contributed by atoms with E-state index in [-0.39, 0.29) is 5.28 Å². The van der Waals surface area contributed by atoms with Crippen LogP contribution >= 0.6 is 11.6 Å². The number of ether oxygens (including phenoxy) is 1. The van der Waals surface area contributed by atoms with Crippen molar-refractivity contribution in [2.75, 3.05) is 12.4 Å². The van der Waals surface area contributed by atoms with Crippen LogP contribution in [0.3, 0.4) is 0 Å². The summed E-state index contributed by atoms with van der Waals surface area (Å²) in [5.74, 6) is 1.61. The number of hydrogen-bond donors (Lipinski definition) is 1. The lowest BCUT2D eigenvalue weighted by Crippen LogP contribution is -2.07. The molecule has 6 heteroatoms. The Labute approximate surface area is 156 Å². The van der Waals surface area contributed by atoms with Crippen molar-refractivity contribution in [2.24, 2.45) is 0 Å². The molecule has 2 aromatic heterocycles. The summed E-state index contributed by atoms with van der Waals surface area (Å²) in [7, 11) is 1.66. The number of aromatic nitrogens is 3. The SMILES string of the molecule is COc1ccc(CNc2nc(Cl)nc3c2CC=C3c2ccncc2)cc1. The molecule has 130 valence electrons. The molecular formula is C20H17ClN4O. The molecule has 1 aliphatic carbocycles. The second-order valence-corrected chi connectivity index (χ2v) is 6.27. The van der Waals surface area contributed by atoms with Crippen LogP contribution in [0.25, 0.3) is 5.57 Å². The topological polar surface area (TPSA) is 59.9 Å². The van der Waals surface area contributed by atoms with Crippen LogP contribution in [0.4, 0.5) is 5.82 Å². The highest BCUT2D eigenvalue weighted by Crippen LogP contribution is 2.35. The number of hydrogen-bond acceptors (Lipinski definition) is 5. The third-order valence-corrected chi connectivity index (χ3v) is 4.52. The number of rotatable bonds is 5. The fraction of sp³-hybridized carbons (Fsp3) is 0.150. The zero-order valence-corrected chi connectivity index (χ0v) is 15.0. The highest BCUT2D eigenvalue weighted by atomic mass is 35.5. The standard InChI is InChI=1S/C20H17ClN4O/c1-26-15-4-2-13(3-5-15)12-23-19-17-7-6-16(14-8-10-22-11-9-14)18(17)24-20(21)25-19/h2-6,8-11H,7,12H2,1H3,(H,23,24,25). The minimum Gasteiger partial charge on any atom is -0.497 e. The van der Waals surface area contributed by atoms with Crippen molar-refractivity contribution in [2.45, 2.75) is 13.0 Å². The van der Waals surface area contributed by atoms with Gasteiger partial charge < -0.3 is 10.1 Å². The quantitative estimate of drug-likeness (QED) is 0.690. The highest BCUT2D eigenvalue weighted by molar-refractivity contribution is 6.28. The van der Waals surface area contributed by atoms with Gasteiger partial charge in [-0.15, -0.1) is 0 Å². The number of allylic oxidation sites excluding steroid dienone is 1. The van der Waals surface area contributed by atoms with Gasteiger partial charge in [-0.2, -0.15) is 0 Å². The van der Waals surface area contributed by atoms with Crippen LogP contribution in [0.15, 0.2) is 54.9 Å². The molecule has 5 nitrogen and oxygen atoms in total. The van der Waals surface area contributed by atoms with Crippen molar-refractivity contribution in [3.63, 3.8) is 0 Å². The van der Waals surface area contributed by atoms with Crippen molar-refractivity contribution >= 4 is 23.0 Å². The summed E-state index contributed by atoms with van der Waals surface area (Å²) in [6.07, 6.45) is 6.48. The summed E-state index contributed by atoms with van der Waals surface area (Å²) in [6.45, 7) is 0.647. The molecule has 1 aliphatic rings. The zero-order chi connectivity index (χ0) is 17.9. The predicted molar refractivity (Wildman–Crippen MR) is 102 cm³/mol. The molecular weight excluding hydrogens is 348 g/mol. The lowest BCUT2D eigenvalue weighted by atomic mass is 10.1. The van der Waals surface area contributed by atoms with Gasteiger partial charge in [0.25, 0.3) is 0 Å². The van der Waals surface area contributed by atoms with Crippen molar-refractivity contribution in [3.05, 3.63) is 82.5 Å². The zero-order valence-electron chi connectivity index (χ0n) is 14.2. The number of benzene rings is 1. The molecule has 0 amide bonds. The third-order valence-electron chi connectivity index (χ3n) is 4.36. The fourth-order valence-electron chi connectivity index (χ4n) is 3.03. The highest BCUT2D eigenvalue weighted by Gasteiger charge is 2.22. The molecule has 2 heterocycles. The molecule has 0 saturated heterocycles. The average Bonchev–Trinajstić information content (AvgIpc) is 3.11. The van der Waals surface area contributed by atoms with Crippen LogP contribution in [0, 0.1) is 0 Å². The maximum Gasteiger partial charge on any atom is 0.224 e. The van der Waals surface area contributed by atoms with Crippen LogP contribution < -0.4 is 10.1 Å². The van der Waals surface area contributed by atoms with E-state index in [0.29, 0.717) is 6.54 Å². The summed E-state index contributed by atoms with van der Waals surface area (Å²) in [6, 6.07) is 11.9. The number of fused-ring (bicyclic) bond motifs is 1. The van der Waals surface area contributed by atoms with Gasteiger partial charge in [0.1, 0.15) is 11.6 Å². The number of nitrogens with one attached hydrogen (secondary N) is 1. The number of nitrogens with zero attached hydrogens (tertiary/aromatic N) is 3. The van der Waals surface area contributed by atoms with E-state index in [2.05, 4.69) is 26.3 Å². The van der Waals surface area contributed by atoms with Crippen molar-refractivity contribution < 1.29 is 4.74 Å². The third kappa shape index (κ3) is 3.26. The lowest BCUT2D eigenvalue weighted by Gasteiger charge is -2.12. The molecule has 0 fully saturated rings. The Kier molecular flexibility index (Phi) is 4.54. The Morgan fingerprint density at radius 2 is 1.85 bits per heavy atom. The van der Waals surface area contributed by atoms with Gasteiger partial charge in [-0.3, -0.25) is 4.98 Å². The van der Waals surface area contributed by atoms with E-state index < -0.39 is 0 Å². The van der Waals surface area contributed by atoms with Gasteiger partial charge in [-0.05, 0) is 53.4 Å². The summed E-state index contributed by atoms with van der Waals surface area (Å²) in [5.41, 5.74) is 5.23. The van der Waals surface area contributed by atoms with E-state index in [1.165, 1.54) is 0 Å². The molecule has 1 aromatic carbocycles. The molecule has 0 unspecified atom stereocenters. The fourth-order valence-corrected chi connectivity index (χ4v) is 3.20. The van der Waals surface area contributed by atoms with Gasteiger partial charge in [0, 0.05) is 30.1 Å². The van der Waals surface area contributed by atoms with E-state index in [1.807, 2.05) is 36.4 Å². The molecule has 0 radical (unpaired) electrons. The van der Waals surface area contributed by atoms with Gasteiger partial charge in [0.15, 0.2) is 0 Å². The summed E-state index contributed by atoms with van der Waals surface area (Å²) in [4.78, 5) is 12.9. The maximum absolute atomic E-state index is 6.18. The Balaban J connectivity index is 1.59. The van der Waals surface area contributed by atoms with Crippen molar-refractivity contribution in [1.29, 1.82) is 0 Å². The van der Waals surface area contributed by atoms with Gasteiger partial charge in [-0.1, -0.05) is 18.2 Å². The van der Waals surface area contributed by atoms with Gasteiger partial charge in [0.05, 0.1) is 12.8 Å². The van der Waals surface area contributed by atoms with Crippen LogP contribution in [0.1, 0.15) is 22.4 Å². The summed E-state index contributed by atoms with van der Waals surface area (Å²) in [5, 5.41) is 3.63. The van der Waals surface area contributed by atoms with Gasteiger partial charge in [-0.25, -0.2) is 9.97 Å². The molecule has 26 heavy (non-hydrogen) atoms. The molecule has 1 N–H and O–H groups in total. The molecule has 0 saturated carbocycles. The minimum absolute atomic E-state index is 0.239. The van der Waals surface area contributed by atoms with Crippen LogP contribution in [0.5, 0.6) is 5.75 Å². The first kappa shape index (κ1) is 16.5. The number of anilines is 1. The largest absolute Gasteiger partial charge is 0.497 e. The molecule has 0 bridgehead atoms. The van der Waals surface area contributed by atoms with Crippen LogP contribution in [0.2, 0.25) is 5.28 Å². The maximum atomic E-state index is 6.18. The van der Waals surface area contributed by atoms with Gasteiger partial charge in [0.2, 0.25) is 5.28 Å². The van der Waals surface area contributed by atoms with Crippen LogP contribution in [-0.2, 0) is 13.0 Å². The second kappa shape index (κ2) is 7.14. The van der Waals surface area contributed by atoms with E-state index >= 15 is 0 Å². The van der Waals surface area contributed by atoms with E-state index in [4.69, 9.17) is 16.3 Å². The first-order valence-corrected chi connectivity index (χ1v) is 8.66. The van der Waals surface area contributed by atoms with Crippen molar-refractivity contribution in [1.82, 2.24) is 15.0 Å². The Hall–Kier alpha value is -2.92. The monoisotopic (exact) mass is 364 g/mol. The summed E-state index contributed by atoms with van der Waals surface area (Å²) < 4.78 is 5.19. The van der Waals surface area contributed by atoms with E-state index in [9.17, 15) is 0 Å². The first-order chi connectivity index (χ1) is 12.7.